The van der Waals surface area contributed by atoms with Gasteiger partial charge in [0.1, 0.15) is 11.4 Å². The van der Waals surface area contributed by atoms with Crippen LogP contribution in [0.25, 0.3) is 0 Å². The summed E-state index contributed by atoms with van der Waals surface area (Å²) in [5, 5.41) is 10.7. The Balaban J connectivity index is 2.24. The van der Waals surface area contributed by atoms with E-state index in [0.717, 1.165) is 17.7 Å². The number of ether oxygens (including phenoxy) is 1. The second-order valence-corrected chi connectivity index (χ2v) is 4.96. The third kappa shape index (κ3) is 2.45. The van der Waals surface area contributed by atoms with Crippen molar-refractivity contribution in [3.8, 4) is 5.75 Å². The highest BCUT2D eigenvalue weighted by molar-refractivity contribution is 5.33. The summed E-state index contributed by atoms with van der Waals surface area (Å²) >= 11 is 0. The van der Waals surface area contributed by atoms with Crippen molar-refractivity contribution >= 4 is 0 Å². The minimum absolute atomic E-state index is 0.413. The minimum Gasteiger partial charge on any atom is -0.494 e. The number of likely N-dealkylation sites (tertiary alicyclic amines) is 1. The van der Waals surface area contributed by atoms with Crippen LogP contribution in [0.5, 0.6) is 5.75 Å². The molecule has 3 nitrogen and oxygen atoms in total. The number of aliphatic hydroxyl groups is 1. The molecule has 2 atom stereocenters. The highest BCUT2D eigenvalue weighted by Gasteiger charge is 2.40. The first kappa shape index (κ1) is 12.4. The fourth-order valence-electron chi connectivity index (χ4n) is 2.53. The maximum Gasteiger partial charge on any atom is 0.119 e. The first-order chi connectivity index (χ1) is 8.05. The van der Waals surface area contributed by atoms with Gasteiger partial charge in [-0.05, 0) is 45.0 Å². The summed E-state index contributed by atoms with van der Waals surface area (Å²) in [4.78, 5) is 2.19. The Morgan fingerprint density at radius 1 is 1.53 bits per heavy atom. The fraction of sp³-hybridized carbons (Fsp3) is 0.571. The van der Waals surface area contributed by atoms with Crippen LogP contribution in [0, 0.1) is 0 Å². The molecule has 1 aromatic carbocycles. The minimum atomic E-state index is -0.735. The SMILES string of the molecule is CCOc1cccc(C2(O)CC(C)N(C)C2)c1. The summed E-state index contributed by atoms with van der Waals surface area (Å²) < 4.78 is 5.48. The third-order valence-corrected chi connectivity index (χ3v) is 3.58. The zero-order chi connectivity index (χ0) is 12.5. The Kier molecular flexibility index (Phi) is 3.40. The van der Waals surface area contributed by atoms with Crippen LogP contribution in [-0.2, 0) is 5.60 Å². The van der Waals surface area contributed by atoms with Crippen LogP contribution >= 0.6 is 0 Å². The molecule has 1 aliphatic heterocycles. The van der Waals surface area contributed by atoms with Crippen molar-refractivity contribution in [1.82, 2.24) is 4.90 Å². The molecule has 3 heteroatoms. The van der Waals surface area contributed by atoms with Crippen LogP contribution in [0.1, 0.15) is 25.8 Å². The van der Waals surface area contributed by atoms with Gasteiger partial charge >= 0.3 is 0 Å². The Morgan fingerprint density at radius 3 is 2.88 bits per heavy atom. The first-order valence-electron chi connectivity index (χ1n) is 6.21. The van der Waals surface area contributed by atoms with E-state index in [9.17, 15) is 5.11 Å². The van der Waals surface area contributed by atoms with Crippen LogP contribution in [0.15, 0.2) is 24.3 Å². The molecule has 1 aromatic rings. The molecule has 0 radical (unpaired) electrons. The van der Waals surface area contributed by atoms with E-state index in [4.69, 9.17) is 4.74 Å². The average molecular weight is 235 g/mol. The van der Waals surface area contributed by atoms with Crippen LogP contribution in [0.4, 0.5) is 0 Å². The molecule has 17 heavy (non-hydrogen) atoms. The average Bonchev–Trinajstić information content (AvgIpc) is 2.55. The lowest BCUT2D eigenvalue weighted by atomic mass is 9.91. The van der Waals surface area contributed by atoms with Gasteiger partial charge in [-0.2, -0.15) is 0 Å². The van der Waals surface area contributed by atoms with Crippen molar-refractivity contribution in [2.45, 2.75) is 31.9 Å². The normalized spacial score (nSPS) is 29.5. The molecule has 94 valence electrons. The smallest absolute Gasteiger partial charge is 0.119 e. The molecule has 1 heterocycles. The van der Waals surface area contributed by atoms with Crippen molar-refractivity contribution in [2.75, 3.05) is 20.2 Å². The molecule has 0 aromatic heterocycles. The lowest BCUT2D eigenvalue weighted by Crippen LogP contribution is -2.29. The van der Waals surface area contributed by atoms with Crippen molar-refractivity contribution in [3.63, 3.8) is 0 Å². The fourth-order valence-corrected chi connectivity index (χ4v) is 2.53. The second-order valence-electron chi connectivity index (χ2n) is 4.96. The van der Waals surface area contributed by atoms with E-state index < -0.39 is 5.60 Å². The first-order valence-corrected chi connectivity index (χ1v) is 6.21. The predicted molar refractivity (Wildman–Crippen MR) is 68.2 cm³/mol. The van der Waals surface area contributed by atoms with Crippen molar-refractivity contribution in [2.24, 2.45) is 0 Å². The van der Waals surface area contributed by atoms with Crippen LogP contribution in [0.2, 0.25) is 0 Å². The monoisotopic (exact) mass is 235 g/mol. The van der Waals surface area contributed by atoms with E-state index in [1.807, 2.05) is 31.2 Å². The zero-order valence-corrected chi connectivity index (χ0v) is 10.8. The molecule has 1 fully saturated rings. The molecule has 0 spiro atoms. The summed E-state index contributed by atoms with van der Waals surface area (Å²) in [6.45, 7) is 5.44. The summed E-state index contributed by atoms with van der Waals surface area (Å²) in [6, 6.07) is 8.22. The van der Waals surface area contributed by atoms with Crippen molar-refractivity contribution < 1.29 is 9.84 Å². The molecular weight excluding hydrogens is 214 g/mol. The highest BCUT2D eigenvalue weighted by atomic mass is 16.5. The number of benzene rings is 1. The summed E-state index contributed by atoms with van der Waals surface area (Å²) in [7, 11) is 2.05. The number of hydrogen-bond acceptors (Lipinski definition) is 3. The zero-order valence-electron chi connectivity index (χ0n) is 10.8. The lowest BCUT2D eigenvalue weighted by Gasteiger charge is -2.23. The quantitative estimate of drug-likeness (QED) is 0.869. The maximum absolute atomic E-state index is 10.7. The number of hydrogen-bond donors (Lipinski definition) is 1. The second kappa shape index (κ2) is 4.67. The Bertz CT molecular complexity index is 382. The maximum atomic E-state index is 10.7. The van der Waals surface area contributed by atoms with Crippen LogP contribution < -0.4 is 4.74 Å². The van der Waals surface area contributed by atoms with E-state index >= 15 is 0 Å². The largest absolute Gasteiger partial charge is 0.494 e. The van der Waals surface area contributed by atoms with Gasteiger partial charge in [-0.15, -0.1) is 0 Å². The molecule has 1 aliphatic rings. The van der Waals surface area contributed by atoms with Gasteiger partial charge in [0.05, 0.1) is 6.61 Å². The van der Waals surface area contributed by atoms with E-state index in [2.05, 4.69) is 18.9 Å². The van der Waals surface area contributed by atoms with Gasteiger partial charge in [-0.25, -0.2) is 0 Å². The molecule has 0 bridgehead atoms. The third-order valence-electron chi connectivity index (χ3n) is 3.58. The van der Waals surface area contributed by atoms with Gasteiger partial charge in [-0.1, -0.05) is 12.1 Å². The van der Waals surface area contributed by atoms with Crippen LogP contribution in [-0.4, -0.2) is 36.2 Å². The van der Waals surface area contributed by atoms with Gasteiger partial charge in [0.15, 0.2) is 0 Å². The standard InChI is InChI=1S/C14H21NO2/c1-4-17-13-7-5-6-12(8-13)14(16)9-11(2)15(3)10-14/h5-8,11,16H,4,9-10H2,1-3H3. The van der Waals surface area contributed by atoms with E-state index in [0.29, 0.717) is 19.2 Å². The predicted octanol–water partition coefficient (Wildman–Crippen LogP) is 2.00. The molecule has 0 saturated carbocycles. The van der Waals surface area contributed by atoms with Crippen LogP contribution in [0.3, 0.4) is 0 Å². The van der Waals surface area contributed by atoms with E-state index in [1.54, 1.807) is 0 Å². The van der Waals surface area contributed by atoms with Crippen molar-refractivity contribution in [1.29, 1.82) is 0 Å². The van der Waals surface area contributed by atoms with Gasteiger partial charge in [0.25, 0.3) is 0 Å². The molecule has 2 unspecified atom stereocenters. The number of nitrogens with zero attached hydrogens (tertiary/aromatic N) is 1. The van der Waals surface area contributed by atoms with Crippen molar-refractivity contribution in [3.05, 3.63) is 29.8 Å². The number of β-amino-alcohol motifs (C(OH)–C–C–N with tert-alkyl or cyclic N) is 1. The molecule has 1 N–H and O–H groups in total. The van der Waals surface area contributed by atoms with Gasteiger partial charge in [0.2, 0.25) is 0 Å². The van der Waals surface area contributed by atoms with Gasteiger partial charge in [-0.3, -0.25) is 0 Å². The van der Waals surface area contributed by atoms with Gasteiger partial charge in [0, 0.05) is 12.6 Å². The molecule has 0 amide bonds. The molecule has 2 rings (SSSR count). The summed E-state index contributed by atoms with van der Waals surface area (Å²) in [6.07, 6.45) is 0.777. The van der Waals surface area contributed by atoms with E-state index in [-0.39, 0.29) is 0 Å². The number of likely N-dealkylation sites (N-methyl/N-ethyl adjacent to an activating group) is 1. The highest BCUT2D eigenvalue weighted by Crippen LogP contribution is 2.35. The lowest BCUT2D eigenvalue weighted by molar-refractivity contribution is 0.0483. The molecule has 1 saturated heterocycles. The summed E-state index contributed by atoms with van der Waals surface area (Å²) in [5.74, 6) is 0.834. The summed E-state index contributed by atoms with van der Waals surface area (Å²) in [5.41, 5.74) is 0.223. The molecular formula is C14H21NO2. The Hall–Kier alpha value is -1.06. The number of rotatable bonds is 3. The Labute approximate surface area is 103 Å². The molecule has 0 aliphatic carbocycles. The Morgan fingerprint density at radius 2 is 2.29 bits per heavy atom. The van der Waals surface area contributed by atoms with E-state index in [1.165, 1.54) is 0 Å². The topological polar surface area (TPSA) is 32.7 Å². The van der Waals surface area contributed by atoms with Gasteiger partial charge < -0.3 is 14.7 Å².